The Labute approximate surface area is 110 Å². The van der Waals surface area contributed by atoms with Crippen LogP contribution in [0.15, 0.2) is 18.2 Å². The second-order valence-corrected chi connectivity index (χ2v) is 5.04. The minimum absolute atomic E-state index is 0.0125. The third kappa shape index (κ3) is 4.49. The molecule has 1 rings (SSSR count). The Morgan fingerprint density at radius 2 is 2.06 bits per heavy atom. The van der Waals surface area contributed by atoms with Gasteiger partial charge in [-0.2, -0.15) is 0 Å². The number of benzene rings is 1. The smallest absolute Gasteiger partial charge is 0.251 e. The van der Waals surface area contributed by atoms with Crippen LogP contribution in [0.25, 0.3) is 0 Å². The Morgan fingerprint density at radius 1 is 1.33 bits per heavy atom. The summed E-state index contributed by atoms with van der Waals surface area (Å²) in [7, 11) is 0. The molecule has 0 spiro atoms. The lowest BCUT2D eigenvalue weighted by atomic mass is 10.1. The number of carbonyl (C=O) groups excluding carboxylic acids is 1. The first-order chi connectivity index (χ1) is 8.54. The molecule has 100 valence electrons. The molecule has 0 saturated carbocycles. The van der Waals surface area contributed by atoms with Crippen LogP contribution < -0.4 is 11.1 Å². The average molecular weight is 248 g/mol. The molecule has 18 heavy (non-hydrogen) atoms. The summed E-state index contributed by atoms with van der Waals surface area (Å²) in [6.45, 7) is 7.63. The van der Waals surface area contributed by atoms with Gasteiger partial charge in [-0.3, -0.25) is 4.79 Å². The Hall–Kier alpha value is -1.35. The van der Waals surface area contributed by atoms with Gasteiger partial charge in [-0.05, 0) is 62.4 Å². The SMILES string of the molecule is Cc1ccc(C(=O)NCCCC(C)CN)cc1C. The predicted octanol–water partition coefficient (Wildman–Crippen LogP) is 2.41. The van der Waals surface area contributed by atoms with E-state index < -0.39 is 0 Å². The third-order valence-corrected chi connectivity index (χ3v) is 3.33. The van der Waals surface area contributed by atoms with Crippen LogP contribution in [-0.2, 0) is 0 Å². The number of nitrogens with two attached hydrogens (primary N) is 1. The summed E-state index contributed by atoms with van der Waals surface area (Å²) in [5.74, 6) is 0.544. The van der Waals surface area contributed by atoms with E-state index >= 15 is 0 Å². The zero-order valence-electron chi connectivity index (χ0n) is 11.6. The van der Waals surface area contributed by atoms with Crippen molar-refractivity contribution in [2.24, 2.45) is 11.7 Å². The van der Waals surface area contributed by atoms with Crippen LogP contribution in [0, 0.1) is 19.8 Å². The standard InChI is InChI=1S/C15H24N2O/c1-11(10-16)5-4-8-17-15(18)14-7-6-12(2)13(3)9-14/h6-7,9,11H,4-5,8,10,16H2,1-3H3,(H,17,18). The van der Waals surface area contributed by atoms with Gasteiger partial charge in [-0.25, -0.2) is 0 Å². The number of hydrogen-bond acceptors (Lipinski definition) is 2. The Kier molecular flexibility index (Phi) is 5.86. The summed E-state index contributed by atoms with van der Waals surface area (Å²) < 4.78 is 0. The van der Waals surface area contributed by atoms with Crippen LogP contribution in [0.3, 0.4) is 0 Å². The Bertz CT molecular complexity index is 401. The van der Waals surface area contributed by atoms with Gasteiger partial charge in [0.1, 0.15) is 0 Å². The van der Waals surface area contributed by atoms with Crippen LogP contribution in [0.4, 0.5) is 0 Å². The molecule has 0 heterocycles. The molecule has 0 aliphatic heterocycles. The van der Waals surface area contributed by atoms with Gasteiger partial charge in [-0.15, -0.1) is 0 Å². The lowest BCUT2D eigenvalue weighted by Crippen LogP contribution is -2.25. The van der Waals surface area contributed by atoms with E-state index in [-0.39, 0.29) is 5.91 Å². The molecule has 0 fully saturated rings. The Balaban J connectivity index is 2.39. The topological polar surface area (TPSA) is 55.1 Å². The highest BCUT2D eigenvalue weighted by Crippen LogP contribution is 2.09. The van der Waals surface area contributed by atoms with Crippen molar-refractivity contribution in [3.05, 3.63) is 34.9 Å². The quantitative estimate of drug-likeness (QED) is 0.760. The first kappa shape index (κ1) is 14.7. The second-order valence-electron chi connectivity index (χ2n) is 5.04. The summed E-state index contributed by atoms with van der Waals surface area (Å²) in [6.07, 6.45) is 2.04. The number of aryl methyl sites for hydroxylation is 2. The molecule has 3 nitrogen and oxygen atoms in total. The summed E-state index contributed by atoms with van der Waals surface area (Å²) >= 11 is 0. The lowest BCUT2D eigenvalue weighted by molar-refractivity contribution is 0.0952. The van der Waals surface area contributed by atoms with Crippen molar-refractivity contribution in [3.63, 3.8) is 0 Å². The van der Waals surface area contributed by atoms with Gasteiger partial charge in [0.15, 0.2) is 0 Å². The largest absolute Gasteiger partial charge is 0.352 e. The fourth-order valence-corrected chi connectivity index (χ4v) is 1.76. The van der Waals surface area contributed by atoms with Gasteiger partial charge in [0.2, 0.25) is 0 Å². The van der Waals surface area contributed by atoms with E-state index in [2.05, 4.69) is 12.2 Å². The zero-order chi connectivity index (χ0) is 13.5. The molecule has 0 radical (unpaired) electrons. The fourth-order valence-electron chi connectivity index (χ4n) is 1.76. The maximum absolute atomic E-state index is 11.9. The van der Waals surface area contributed by atoms with Gasteiger partial charge in [-0.1, -0.05) is 13.0 Å². The van der Waals surface area contributed by atoms with E-state index in [9.17, 15) is 4.79 Å². The zero-order valence-corrected chi connectivity index (χ0v) is 11.6. The van der Waals surface area contributed by atoms with Gasteiger partial charge in [0.25, 0.3) is 5.91 Å². The monoisotopic (exact) mass is 248 g/mol. The second kappa shape index (κ2) is 7.17. The van der Waals surface area contributed by atoms with E-state index in [1.54, 1.807) is 0 Å². The highest BCUT2D eigenvalue weighted by atomic mass is 16.1. The molecule has 1 atom stereocenters. The molecule has 3 heteroatoms. The van der Waals surface area contributed by atoms with Crippen molar-refractivity contribution in [2.45, 2.75) is 33.6 Å². The number of hydrogen-bond donors (Lipinski definition) is 2. The Morgan fingerprint density at radius 3 is 2.67 bits per heavy atom. The number of carbonyl (C=O) groups is 1. The van der Waals surface area contributed by atoms with Crippen molar-refractivity contribution in [2.75, 3.05) is 13.1 Å². The average Bonchev–Trinajstić information content (AvgIpc) is 2.37. The van der Waals surface area contributed by atoms with Crippen molar-refractivity contribution >= 4 is 5.91 Å². The van der Waals surface area contributed by atoms with Crippen LogP contribution in [0.1, 0.15) is 41.3 Å². The molecular formula is C15H24N2O. The van der Waals surface area contributed by atoms with E-state index in [1.165, 1.54) is 5.56 Å². The molecular weight excluding hydrogens is 224 g/mol. The van der Waals surface area contributed by atoms with E-state index in [0.717, 1.165) is 30.5 Å². The minimum Gasteiger partial charge on any atom is -0.352 e. The molecule has 1 amide bonds. The molecule has 3 N–H and O–H groups in total. The van der Waals surface area contributed by atoms with Gasteiger partial charge in [0.05, 0.1) is 0 Å². The molecule has 0 aliphatic rings. The highest BCUT2D eigenvalue weighted by molar-refractivity contribution is 5.94. The summed E-state index contributed by atoms with van der Waals surface area (Å²) in [4.78, 5) is 11.9. The summed E-state index contributed by atoms with van der Waals surface area (Å²) in [6, 6.07) is 5.80. The van der Waals surface area contributed by atoms with Crippen LogP contribution in [-0.4, -0.2) is 19.0 Å². The molecule has 1 unspecified atom stereocenters. The molecule has 0 bridgehead atoms. The first-order valence-electron chi connectivity index (χ1n) is 6.60. The molecule has 1 aromatic rings. The lowest BCUT2D eigenvalue weighted by Gasteiger charge is -2.09. The summed E-state index contributed by atoms with van der Waals surface area (Å²) in [5, 5.41) is 2.95. The molecule has 1 aromatic carbocycles. The van der Waals surface area contributed by atoms with E-state index in [4.69, 9.17) is 5.73 Å². The first-order valence-corrected chi connectivity index (χ1v) is 6.60. The number of amides is 1. The van der Waals surface area contributed by atoms with Crippen molar-refractivity contribution in [1.82, 2.24) is 5.32 Å². The van der Waals surface area contributed by atoms with Gasteiger partial charge >= 0.3 is 0 Å². The van der Waals surface area contributed by atoms with Crippen LogP contribution in [0.5, 0.6) is 0 Å². The number of nitrogens with one attached hydrogen (secondary N) is 1. The summed E-state index contributed by atoms with van der Waals surface area (Å²) in [5.41, 5.74) is 8.65. The third-order valence-electron chi connectivity index (χ3n) is 3.33. The van der Waals surface area contributed by atoms with Gasteiger partial charge in [0, 0.05) is 12.1 Å². The molecule has 0 aliphatic carbocycles. The molecule has 0 aromatic heterocycles. The molecule has 0 saturated heterocycles. The number of rotatable bonds is 6. The van der Waals surface area contributed by atoms with Crippen molar-refractivity contribution < 1.29 is 4.79 Å². The minimum atomic E-state index is 0.0125. The predicted molar refractivity (Wildman–Crippen MR) is 75.7 cm³/mol. The van der Waals surface area contributed by atoms with E-state index in [0.29, 0.717) is 12.5 Å². The van der Waals surface area contributed by atoms with Crippen molar-refractivity contribution in [1.29, 1.82) is 0 Å². The maximum Gasteiger partial charge on any atom is 0.251 e. The van der Waals surface area contributed by atoms with Crippen LogP contribution >= 0.6 is 0 Å². The van der Waals surface area contributed by atoms with Gasteiger partial charge < -0.3 is 11.1 Å². The van der Waals surface area contributed by atoms with Crippen LogP contribution in [0.2, 0.25) is 0 Å². The fraction of sp³-hybridized carbons (Fsp3) is 0.533. The maximum atomic E-state index is 11.9. The van der Waals surface area contributed by atoms with E-state index in [1.807, 2.05) is 32.0 Å². The normalized spacial score (nSPS) is 12.2. The van der Waals surface area contributed by atoms with Crippen molar-refractivity contribution in [3.8, 4) is 0 Å². The highest BCUT2D eigenvalue weighted by Gasteiger charge is 2.06.